The van der Waals surface area contributed by atoms with Crippen molar-refractivity contribution in [3.63, 3.8) is 0 Å². The first-order chi connectivity index (χ1) is 9.10. The molecule has 2 N–H and O–H groups in total. The third kappa shape index (κ3) is 1.34. The van der Waals surface area contributed by atoms with E-state index in [9.17, 15) is 4.79 Å². The van der Waals surface area contributed by atoms with Crippen LogP contribution in [0.4, 0.5) is 0 Å². The summed E-state index contributed by atoms with van der Waals surface area (Å²) in [6, 6.07) is 3.68. The van der Waals surface area contributed by atoms with E-state index in [0.29, 0.717) is 5.92 Å². The normalized spacial score (nSPS) is 31.9. The predicted octanol–water partition coefficient (Wildman–Crippen LogP) is 2.01. The fourth-order valence-electron chi connectivity index (χ4n) is 4.33. The first-order valence-corrected chi connectivity index (χ1v) is 6.95. The van der Waals surface area contributed by atoms with Crippen molar-refractivity contribution in [3.8, 4) is 0 Å². The van der Waals surface area contributed by atoms with Crippen molar-refractivity contribution in [1.82, 2.24) is 10.3 Å². The predicted molar refractivity (Wildman–Crippen MR) is 75.0 cm³/mol. The van der Waals surface area contributed by atoms with Crippen LogP contribution >= 0.6 is 0 Å². The monoisotopic (exact) mass is 254 g/mol. The van der Waals surface area contributed by atoms with Gasteiger partial charge < -0.3 is 4.98 Å². The summed E-state index contributed by atoms with van der Waals surface area (Å²) in [5.41, 5.74) is 6.84. The van der Waals surface area contributed by atoms with Crippen molar-refractivity contribution in [2.24, 2.45) is 5.92 Å². The van der Waals surface area contributed by atoms with Gasteiger partial charge in [-0.2, -0.15) is 0 Å². The molecule has 0 spiro atoms. The van der Waals surface area contributed by atoms with Crippen LogP contribution in [0.5, 0.6) is 0 Å². The molecule has 3 aliphatic rings. The number of pyridine rings is 1. The standard InChI is InChI=1S/C16H18N2O/c1-9-5-11-6-13-12(3-4-14(19)18-13)16(7-9)15(11)10(2)8-17-16/h3-5,11,17H,6-8H2,1-2H3,(H,18,19)/t11-,16-/m0/s1. The average Bonchev–Trinajstić information content (AvgIpc) is 2.68. The number of allylic oxidation sites excluding steroid dienone is 1. The molecule has 1 aromatic rings. The second kappa shape index (κ2) is 3.48. The van der Waals surface area contributed by atoms with Crippen molar-refractivity contribution < 1.29 is 0 Å². The topological polar surface area (TPSA) is 44.9 Å². The molecule has 3 heteroatoms. The van der Waals surface area contributed by atoms with Crippen molar-refractivity contribution in [3.05, 3.63) is 56.5 Å². The van der Waals surface area contributed by atoms with E-state index in [1.807, 2.05) is 6.07 Å². The third-order valence-corrected chi connectivity index (χ3v) is 4.86. The Labute approximate surface area is 112 Å². The molecule has 0 unspecified atom stereocenters. The van der Waals surface area contributed by atoms with Crippen LogP contribution in [0, 0.1) is 5.92 Å². The molecule has 3 nitrogen and oxygen atoms in total. The van der Waals surface area contributed by atoms with Gasteiger partial charge in [0.2, 0.25) is 5.56 Å². The Morgan fingerprint density at radius 2 is 2.16 bits per heavy atom. The fourth-order valence-corrected chi connectivity index (χ4v) is 4.33. The maximum atomic E-state index is 11.6. The van der Waals surface area contributed by atoms with Gasteiger partial charge in [0.05, 0.1) is 5.54 Å². The van der Waals surface area contributed by atoms with Crippen molar-refractivity contribution >= 4 is 0 Å². The van der Waals surface area contributed by atoms with Crippen LogP contribution < -0.4 is 10.9 Å². The summed E-state index contributed by atoms with van der Waals surface area (Å²) >= 11 is 0. The maximum Gasteiger partial charge on any atom is 0.248 e. The van der Waals surface area contributed by atoms with Gasteiger partial charge in [0.1, 0.15) is 0 Å². The number of H-pyrrole nitrogens is 1. The molecule has 0 aromatic carbocycles. The molecule has 0 saturated heterocycles. The largest absolute Gasteiger partial charge is 0.326 e. The first kappa shape index (κ1) is 11.2. The minimum absolute atomic E-state index is 0.0103. The lowest BCUT2D eigenvalue weighted by Gasteiger charge is -2.45. The van der Waals surface area contributed by atoms with Gasteiger partial charge in [-0.15, -0.1) is 0 Å². The Kier molecular flexibility index (Phi) is 2.06. The SMILES string of the molecule is CC1=C[C@H]2Cc3[nH]c(=O)ccc3[C@]3(C1)NCC(C)=C23. The molecular weight excluding hydrogens is 236 g/mol. The van der Waals surface area contributed by atoms with E-state index in [-0.39, 0.29) is 11.1 Å². The van der Waals surface area contributed by atoms with Crippen LogP contribution in [-0.4, -0.2) is 11.5 Å². The highest BCUT2D eigenvalue weighted by molar-refractivity contribution is 5.53. The molecule has 0 radical (unpaired) electrons. The van der Waals surface area contributed by atoms with E-state index in [4.69, 9.17) is 0 Å². The molecule has 0 fully saturated rings. The van der Waals surface area contributed by atoms with Crippen LogP contribution in [0.25, 0.3) is 0 Å². The van der Waals surface area contributed by atoms with E-state index in [2.05, 4.69) is 30.2 Å². The fraction of sp³-hybridized carbons (Fsp3) is 0.438. The highest BCUT2D eigenvalue weighted by Crippen LogP contribution is 2.52. The number of aromatic amines is 1. The summed E-state index contributed by atoms with van der Waals surface area (Å²) in [7, 11) is 0. The molecule has 0 saturated carbocycles. The molecule has 2 heterocycles. The minimum atomic E-state index is -0.0502. The number of rotatable bonds is 0. The molecule has 1 aromatic heterocycles. The molecule has 19 heavy (non-hydrogen) atoms. The zero-order valence-corrected chi connectivity index (χ0v) is 11.3. The summed E-state index contributed by atoms with van der Waals surface area (Å²) in [4.78, 5) is 14.6. The van der Waals surface area contributed by atoms with Gasteiger partial charge in [-0.3, -0.25) is 10.1 Å². The number of hydrogen-bond acceptors (Lipinski definition) is 2. The van der Waals surface area contributed by atoms with Gasteiger partial charge in [0.25, 0.3) is 0 Å². The molecule has 98 valence electrons. The number of nitrogens with one attached hydrogen (secondary N) is 2. The van der Waals surface area contributed by atoms with Crippen molar-refractivity contribution in [2.45, 2.75) is 32.2 Å². The Balaban J connectivity index is 2.04. The van der Waals surface area contributed by atoms with Gasteiger partial charge in [-0.05, 0) is 43.9 Å². The molecule has 2 bridgehead atoms. The smallest absolute Gasteiger partial charge is 0.248 e. The summed E-state index contributed by atoms with van der Waals surface area (Å²) < 4.78 is 0. The zero-order valence-electron chi connectivity index (χ0n) is 11.3. The lowest BCUT2D eigenvalue weighted by Crippen LogP contribution is -2.48. The van der Waals surface area contributed by atoms with Crippen LogP contribution in [0.15, 0.2) is 39.7 Å². The highest BCUT2D eigenvalue weighted by atomic mass is 16.1. The van der Waals surface area contributed by atoms with Gasteiger partial charge in [0, 0.05) is 24.2 Å². The minimum Gasteiger partial charge on any atom is -0.326 e. The lowest BCUT2D eigenvalue weighted by molar-refractivity contribution is 0.361. The van der Waals surface area contributed by atoms with Crippen LogP contribution in [0.3, 0.4) is 0 Å². The van der Waals surface area contributed by atoms with Gasteiger partial charge in [-0.25, -0.2) is 0 Å². The van der Waals surface area contributed by atoms with E-state index < -0.39 is 0 Å². The van der Waals surface area contributed by atoms with Crippen LogP contribution in [0.2, 0.25) is 0 Å². The van der Waals surface area contributed by atoms with Crippen molar-refractivity contribution in [1.29, 1.82) is 0 Å². The van der Waals surface area contributed by atoms with Gasteiger partial charge in [-0.1, -0.05) is 17.2 Å². The lowest BCUT2D eigenvalue weighted by atomic mass is 9.63. The Morgan fingerprint density at radius 1 is 1.32 bits per heavy atom. The molecule has 2 aliphatic carbocycles. The van der Waals surface area contributed by atoms with E-state index in [1.165, 1.54) is 16.7 Å². The third-order valence-electron chi connectivity index (χ3n) is 4.86. The highest BCUT2D eigenvalue weighted by Gasteiger charge is 2.50. The Hall–Kier alpha value is -1.61. The number of hydrogen-bond donors (Lipinski definition) is 2. The maximum absolute atomic E-state index is 11.6. The van der Waals surface area contributed by atoms with Gasteiger partial charge >= 0.3 is 0 Å². The quantitative estimate of drug-likeness (QED) is 0.696. The van der Waals surface area contributed by atoms with Crippen LogP contribution in [0.1, 0.15) is 31.5 Å². The summed E-state index contributed by atoms with van der Waals surface area (Å²) in [5.74, 6) is 0.453. The number of fused-ring (bicyclic) bond motifs is 1. The van der Waals surface area contributed by atoms with Crippen molar-refractivity contribution in [2.75, 3.05) is 6.54 Å². The molecule has 4 rings (SSSR count). The van der Waals surface area contributed by atoms with E-state index in [0.717, 1.165) is 25.1 Å². The van der Waals surface area contributed by atoms with E-state index in [1.54, 1.807) is 11.6 Å². The van der Waals surface area contributed by atoms with Crippen LogP contribution in [-0.2, 0) is 12.0 Å². The number of aromatic nitrogens is 1. The summed E-state index contributed by atoms with van der Waals surface area (Å²) in [6.07, 6.45) is 4.34. The van der Waals surface area contributed by atoms with Gasteiger partial charge in [0.15, 0.2) is 0 Å². The molecule has 0 amide bonds. The summed E-state index contributed by atoms with van der Waals surface area (Å²) in [5, 5.41) is 3.72. The summed E-state index contributed by atoms with van der Waals surface area (Å²) in [6.45, 7) is 5.42. The Morgan fingerprint density at radius 3 is 3.00 bits per heavy atom. The molecular formula is C16H18N2O. The molecule has 1 aliphatic heterocycles. The average molecular weight is 254 g/mol. The zero-order chi connectivity index (χ0) is 13.2. The second-order valence-corrected chi connectivity index (χ2v) is 6.17. The first-order valence-electron chi connectivity index (χ1n) is 6.95. The second-order valence-electron chi connectivity index (χ2n) is 6.17. The Bertz CT molecular complexity index is 695. The van der Waals surface area contributed by atoms with E-state index >= 15 is 0 Å². The molecule has 2 atom stereocenters.